The van der Waals surface area contributed by atoms with Crippen molar-refractivity contribution in [1.82, 2.24) is 5.32 Å². The summed E-state index contributed by atoms with van der Waals surface area (Å²) in [7, 11) is 0. The van der Waals surface area contributed by atoms with E-state index in [1.54, 1.807) is 0 Å². The summed E-state index contributed by atoms with van der Waals surface area (Å²) in [4.78, 5) is 12.1. The molecule has 1 aromatic rings. The van der Waals surface area contributed by atoms with Crippen LogP contribution in [0.25, 0.3) is 0 Å². The Balaban J connectivity index is 2.36. The normalized spacial score (nSPS) is 10.6. The summed E-state index contributed by atoms with van der Waals surface area (Å²) in [6, 6.07) is 3.64. The molecule has 0 aromatic heterocycles. The first-order chi connectivity index (χ1) is 9.56. The fourth-order valence-corrected chi connectivity index (χ4v) is 2.93. The minimum Gasteiger partial charge on any atom is -0.398 e. The van der Waals surface area contributed by atoms with Crippen LogP contribution in [0, 0.1) is 6.92 Å². The first-order valence-corrected chi connectivity index (χ1v) is 9.07. The smallest absolute Gasteiger partial charge is 0.251 e. The molecular weight excluding hydrogens is 336 g/mol. The van der Waals surface area contributed by atoms with E-state index in [1.165, 1.54) is 25.0 Å². The number of nitrogen functional groups attached to an aromatic ring is 1. The van der Waals surface area contributed by atoms with Crippen molar-refractivity contribution in [3.8, 4) is 0 Å². The second-order valence-corrected chi connectivity index (χ2v) is 6.73. The molecule has 0 saturated carbocycles. The third kappa shape index (κ3) is 5.75. The summed E-state index contributed by atoms with van der Waals surface area (Å²) in [6.45, 7) is 2.60. The highest BCUT2D eigenvalue weighted by molar-refractivity contribution is 9.10. The number of thioether (sulfide) groups is 1. The number of nitrogens with two attached hydrogens (primary N) is 1. The van der Waals surface area contributed by atoms with Crippen LogP contribution in [-0.4, -0.2) is 24.5 Å². The van der Waals surface area contributed by atoms with E-state index < -0.39 is 0 Å². The number of anilines is 1. The molecule has 3 N–H and O–H groups in total. The fourth-order valence-electron chi connectivity index (χ4n) is 1.96. The number of unbranched alkanes of at least 4 members (excludes halogenated alkanes) is 3. The predicted molar refractivity (Wildman–Crippen MR) is 92.5 cm³/mol. The van der Waals surface area contributed by atoms with Gasteiger partial charge in [-0.2, -0.15) is 11.8 Å². The van der Waals surface area contributed by atoms with Gasteiger partial charge in [-0.1, -0.05) is 28.8 Å². The van der Waals surface area contributed by atoms with Crippen LogP contribution in [0.5, 0.6) is 0 Å². The van der Waals surface area contributed by atoms with E-state index in [0.717, 1.165) is 23.0 Å². The van der Waals surface area contributed by atoms with Crippen molar-refractivity contribution in [2.75, 3.05) is 24.3 Å². The molecule has 1 amide bonds. The molecule has 1 aromatic carbocycles. The van der Waals surface area contributed by atoms with E-state index in [0.29, 0.717) is 11.3 Å². The van der Waals surface area contributed by atoms with Crippen molar-refractivity contribution in [2.45, 2.75) is 32.6 Å². The lowest BCUT2D eigenvalue weighted by atomic mass is 10.1. The van der Waals surface area contributed by atoms with Gasteiger partial charge in [-0.3, -0.25) is 4.79 Å². The Morgan fingerprint density at radius 2 is 2.00 bits per heavy atom. The van der Waals surface area contributed by atoms with Gasteiger partial charge in [0.2, 0.25) is 0 Å². The van der Waals surface area contributed by atoms with Crippen molar-refractivity contribution in [3.05, 3.63) is 27.7 Å². The highest BCUT2D eigenvalue weighted by Gasteiger charge is 2.11. The Hall–Kier alpha value is -0.680. The van der Waals surface area contributed by atoms with Crippen LogP contribution >= 0.6 is 27.7 Å². The number of rotatable bonds is 8. The number of hydrogen-bond donors (Lipinski definition) is 2. The zero-order valence-electron chi connectivity index (χ0n) is 12.2. The standard InChI is InChI=1S/C15H23BrN2OS/c1-11-13(9-12(16)10-14(11)17)15(19)18-7-5-3-4-6-8-20-2/h9-10H,3-8,17H2,1-2H3,(H,18,19). The van der Waals surface area contributed by atoms with Gasteiger partial charge in [-0.25, -0.2) is 0 Å². The summed E-state index contributed by atoms with van der Waals surface area (Å²) in [5.74, 6) is 1.18. The topological polar surface area (TPSA) is 55.1 Å². The van der Waals surface area contributed by atoms with Crippen LogP contribution in [0.4, 0.5) is 5.69 Å². The Bertz CT molecular complexity index is 452. The fraction of sp³-hybridized carbons (Fsp3) is 0.533. The average molecular weight is 359 g/mol. The third-order valence-electron chi connectivity index (χ3n) is 3.22. The van der Waals surface area contributed by atoms with Crippen LogP contribution in [0.3, 0.4) is 0 Å². The summed E-state index contributed by atoms with van der Waals surface area (Å²) >= 11 is 5.26. The van der Waals surface area contributed by atoms with Crippen molar-refractivity contribution in [2.24, 2.45) is 0 Å². The van der Waals surface area contributed by atoms with Gasteiger partial charge in [-0.05, 0) is 49.5 Å². The first-order valence-electron chi connectivity index (χ1n) is 6.89. The molecule has 0 unspecified atom stereocenters. The molecule has 0 radical (unpaired) electrons. The molecule has 112 valence electrons. The van der Waals surface area contributed by atoms with Gasteiger partial charge in [0.1, 0.15) is 0 Å². The maximum absolute atomic E-state index is 12.1. The second-order valence-electron chi connectivity index (χ2n) is 4.83. The van der Waals surface area contributed by atoms with Crippen molar-refractivity contribution in [1.29, 1.82) is 0 Å². The number of carbonyl (C=O) groups excluding carboxylic acids is 1. The average Bonchev–Trinajstić information content (AvgIpc) is 2.41. The molecule has 0 saturated heterocycles. The molecule has 0 spiro atoms. The molecule has 5 heteroatoms. The first kappa shape index (κ1) is 17.4. The molecule has 0 aliphatic carbocycles. The lowest BCUT2D eigenvalue weighted by molar-refractivity contribution is 0.0952. The zero-order chi connectivity index (χ0) is 15.0. The summed E-state index contributed by atoms with van der Waals surface area (Å²) < 4.78 is 0.836. The molecule has 1 rings (SSSR count). The van der Waals surface area contributed by atoms with E-state index >= 15 is 0 Å². The maximum atomic E-state index is 12.1. The van der Waals surface area contributed by atoms with Gasteiger partial charge in [0.25, 0.3) is 5.91 Å². The summed E-state index contributed by atoms with van der Waals surface area (Å²) in [6.07, 6.45) is 6.82. The molecule has 0 fully saturated rings. The Labute approximate surface area is 134 Å². The van der Waals surface area contributed by atoms with Gasteiger partial charge in [0, 0.05) is 22.3 Å². The van der Waals surface area contributed by atoms with E-state index in [9.17, 15) is 4.79 Å². The lowest BCUT2D eigenvalue weighted by Gasteiger charge is -2.10. The van der Waals surface area contributed by atoms with E-state index in [-0.39, 0.29) is 5.91 Å². The molecule has 20 heavy (non-hydrogen) atoms. The van der Waals surface area contributed by atoms with E-state index in [1.807, 2.05) is 30.8 Å². The predicted octanol–water partition coefficient (Wildman–Crippen LogP) is 3.99. The number of carbonyl (C=O) groups is 1. The second kappa shape index (κ2) is 9.29. The van der Waals surface area contributed by atoms with Gasteiger partial charge < -0.3 is 11.1 Å². The molecule has 0 heterocycles. The summed E-state index contributed by atoms with van der Waals surface area (Å²) in [5.41, 5.74) is 8.00. The third-order valence-corrected chi connectivity index (χ3v) is 4.37. The highest BCUT2D eigenvalue weighted by atomic mass is 79.9. The van der Waals surface area contributed by atoms with Crippen LogP contribution in [-0.2, 0) is 0 Å². The van der Waals surface area contributed by atoms with E-state index in [4.69, 9.17) is 5.73 Å². The number of benzene rings is 1. The van der Waals surface area contributed by atoms with Crippen LogP contribution in [0.15, 0.2) is 16.6 Å². The van der Waals surface area contributed by atoms with Gasteiger partial charge in [-0.15, -0.1) is 0 Å². The number of amides is 1. The van der Waals surface area contributed by atoms with Crippen LogP contribution in [0.2, 0.25) is 0 Å². The van der Waals surface area contributed by atoms with Gasteiger partial charge in [0.05, 0.1) is 0 Å². The number of halogens is 1. The van der Waals surface area contributed by atoms with Crippen LogP contribution < -0.4 is 11.1 Å². The minimum absolute atomic E-state index is 0.0420. The Morgan fingerprint density at radius 3 is 2.70 bits per heavy atom. The molecule has 3 nitrogen and oxygen atoms in total. The molecular formula is C15H23BrN2OS. The quantitative estimate of drug-likeness (QED) is 0.545. The van der Waals surface area contributed by atoms with Gasteiger partial charge >= 0.3 is 0 Å². The lowest BCUT2D eigenvalue weighted by Crippen LogP contribution is -2.25. The largest absolute Gasteiger partial charge is 0.398 e. The monoisotopic (exact) mass is 358 g/mol. The number of nitrogens with one attached hydrogen (secondary N) is 1. The molecule has 0 aliphatic rings. The maximum Gasteiger partial charge on any atom is 0.251 e. The SMILES string of the molecule is CSCCCCCCNC(=O)c1cc(Br)cc(N)c1C. The summed E-state index contributed by atoms with van der Waals surface area (Å²) in [5, 5.41) is 2.96. The molecule has 0 aliphatic heterocycles. The van der Waals surface area contributed by atoms with E-state index in [2.05, 4.69) is 27.5 Å². The Kier molecular flexibility index (Phi) is 8.07. The zero-order valence-corrected chi connectivity index (χ0v) is 14.6. The van der Waals surface area contributed by atoms with Crippen molar-refractivity contribution < 1.29 is 4.79 Å². The number of hydrogen-bond acceptors (Lipinski definition) is 3. The van der Waals surface area contributed by atoms with Gasteiger partial charge in [0.15, 0.2) is 0 Å². The van der Waals surface area contributed by atoms with Crippen molar-refractivity contribution >= 4 is 39.3 Å². The molecule has 0 bridgehead atoms. The molecule has 0 atom stereocenters. The minimum atomic E-state index is -0.0420. The van der Waals surface area contributed by atoms with Crippen molar-refractivity contribution in [3.63, 3.8) is 0 Å². The van der Waals surface area contributed by atoms with Crippen LogP contribution in [0.1, 0.15) is 41.6 Å². The highest BCUT2D eigenvalue weighted by Crippen LogP contribution is 2.22. The Morgan fingerprint density at radius 1 is 1.30 bits per heavy atom.